The summed E-state index contributed by atoms with van der Waals surface area (Å²) in [4.78, 5) is 28.6. The Labute approximate surface area is 207 Å². The molecule has 0 bridgehead atoms. The molecular formula is C25H27ClFN5O3. The summed E-state index contributed by atoms with van der Waals surface area (Å²) >= 11 is 6.45. The van der Waals surface area contributed by atoms with Crippen LogP contribution in [-0.4, -0.2) is 27.3 Å². The van der Waals surface area contributed by atoms with E-state index in [4.69, 9.17) is 16.3 Å². The molecule has 2 atom stereocenters. The zero-order valence-corrected chi connectivity index (χ0v) is 20.4. The minimum Gasteiger partial charge on any atom is -0.475 e. The standard InChI is InChI=1S/C25H27ClFN5O3/c1-13(2)35-23-10-15(6-7-28-23)17-11-19(27)21(12-18(17)26)30-25(34)29-20-5-4-14(3)8-16-9-22(33)31-32-24(16)20/h6-7,9-14,20H,4-5,8H2,1-3H3,(H,31,33)(H2,29,30,34)/t14-,20+/m0/s1. The van der Waals surface area contributed by atoms with E-state index in [1.54, 1.807) is 18.3 Å². The van der Waals surface area contributed by atoms with Crippen LogP contribution in [0.15, 0.2) is 41.3 Å². The Bertz CT molecular complexity index is 1300. The molecule has 1 aromatic carbocycles. The van der Waals surface area contributed by atoms with E-state index < -0.39 is 17.9 Å². The van der Waals surface area contributed by atoms with Crippen LogP contribution in [0.5, 0.6) is 5.88 Å². The summed E-state index contributed by atoms with van der Waals surface area (Å²) in [6.07, 6.45) is 3.70. The molecule has 8 nitrogen and oxygen atoms in total. The first-order valence-corrected chi connectivity index (χ1v) is 11.9. The molecule has 1 aliphatic carbocycles. The number of pyridine rings is 1. The van der Waals surface area contributed by atoms with Gasteiger partial charge < -0.3 is 15.4 Å². The van der Waals surface area contributed by atoms with Gasteiger partial charge >= 0.3 is 6.03 Å². The minimum atomic E-state index is -0.639. The van der Waals surface area contributed by atoms with E-state index in [2.05, 4.69) is 32.7 Å². The molecule has 2 aromatic heterocycles. The third-order valence-corrected chi connectivity index (χ3v) is 6.09. The number of nitrogens with one attached hydrogen (secondary N) is 3. The van der Waals surface area contributed by atoms with E-state index in [1.165, 1.54) is 18.2 Å². The fraction of sp³-hybridized carbons (Fsp3) is 0.360. The number of hydrogen-bond donors (Lipinski definition) is 3. The molecular weight excluding hydrogens is 473 g/mol. The summed E-state index contributed by atoms with van der Waals surface area (Å²) < 4.78 is 20.6. The van der Waals surface area contributed by atoms with Crippen molar-refractivity contribution in [1.82, 2.24) is 20.5 Å². The van der Waals surface area contributed by atoms with Gasteiger partial charge in [0.1, 0.15) is 5.82 Å². The Morgan fingerprint density at radius 1 is 1.26 bits per heavy atom. The molecule has 1 aliphatic rings. The average molecular weight is 500 g/mol. The number of aromatic nitrogens is 3. The predicted molar refractivity (Wildman–Crippen MR) is 132 cm³/mol. The van der Waals surface area contributed by atoms with Crippen molar-refractivity contribution < 1.29 is 13.9 Å². The van der Waals surface area contributed by atoms with Crippen LogP contribution in [0.25, 0.3) is 11.1 Å². The molecule has 184 valence electrons. The van der Waals surface area contributed by atoms with Gasteiger partial charge in [0.05, 0.1) is 28.5 Å². The number of aromatic amines is 1. The van der Waals surface area contributed by atoms with Gasteiger partial charge in [-0.05, 0) is 68.4 Å². The van der Waals surface area contributed by atoms with Gasteiger partial charge in [-0.25, -0.2) is 19.3 Å². The molecule has 10 heteroatoms. The molecule has 0 saturated heterocycles. The second-order valence-electron chi connectivity index (χ2n) is 9.04. The number of benzene rings is 1. The second kappa shape index (κ2) is 10.4. The fourth-order valence-electron chi connectivity index (χ4n) is 4.19. The third-order valence-electron chi connectivity index (χ3n) is 5.78. The van der Waals surface area contributed by atoms with Gasteiger partial charge in [0.15, 0.2) is 0 Å². The van der Waals surface area contributed by atoms with Crippen molar-refractivity contribution in [3.63, 3.8) is 0 Å². The molecule has 2 heterocycles. The topological polar surface area (TPSA) is 109 Å². The number of carbonyl (C=O) groups is 1. The number of ether oxygens (including phenoxy) is 1. The van der Waals surface area contributed by atoms with E-state index in [0.29, 0.717) is 41.5 Å². The molecule has 3 aromatic rings. The highest BCUT2D eigenvalue weighted by atomic mass is 35.5. The summed E-state index contributed by atoms with van der Waals surface area (Å²) in [6, 6.07) is 6.53. The summed E-state index contributed by atoms with van der Waals surface area (Å²) in [5.41, 5.74) is 2.18. The van der Waals surface area contributed by atoms with Crippen molar-refractivity contribution >= 4 is 23.3 Å². The largest absolute Gasteiger partial charge is 0.475 e. The maximum atomic E-state index is 15.0. The molecule has 0 saturated carbocycles. The SMILES string of the molecule is CC(C)Oc1cc(-c2cc(F)c(NC(=O)N[C@@H]3CC[C@H](C)Cc4cc(=O)[nH]nc43)cc2Cl)ccn1. The first-order valence-electron chi connectivity index (χ1n) is 11.5. The summed E-state index contributed by atoms with van der Waals surface area (Å²) in [7, 11) is 0. The minimum absolute atomic E-state index is 0.0550. The number of rotatable bonds is 5. The smallest absolute Gasteiger partial charge is 0.319 e. The lowest BCUT2D eigenvalue weighted by Gasteiger charge is -2.19. The molecule has 3 N–H and O–H groups in total. The van der Waals surface area contributed by atoms with Crippen molar-refractivity contribution in [3.8, 4) is 17.0 Å². The van der Waals surface area contributed by atoms with Crippen molar-refractivity contribution in [2.45, 2.75) is 52.2 Å². The molecule has 0 fully saturated rings. The molecule has 0 radical (unpaired) electrons. The van der Waals surface area contributed by atoms with Crippen molar-refractivity contribution in [3.05, 3.63) is 69.0 Å². The molecule has 0 unspecified atom stereocenters. The summed E-state index contributed by atoms with van der Waals surface area (Å²) in [5.74, 6) is 0.110. The van der Waals surface area contributed by atoms with E-state index in [0.717, 1.165) is 12.0 Å². The summed E-state index contributed by atoms with van der Waals surface area (Å²) in [5, 5.41) is 12.3. The van der Waals surface area contributed by atoms with Gasteiger partial charge in [-0.3, -0.25) is 4.79 Å². The van der Waals surface area contributed by atoms with Crippen LogP contribution in [0.3, 0.4) is 0 Å². The maximum absolute atomic E-state index is 15.0. The molecule has 0 spiro atoms. The molecule has 4 rings (SSSR count). The van der Waals surface area contributed by atoms with Crippen LogP contribution in [-0.2, 0) is 6.42 Å². The Morgan fingerprint density at radius 3 is 2.83 bits per heavy atom. The number of anilines is 1. The Kier molecular flexibility index (Phi) is 7.35. The van der Waals surface area contributed by atoms with Crippen LogP contribution in [0, 0.1) is 11.7 Å². The quantitative estimate of drug-likeness (QED) is 0.415. The zero-order chi connectivity index (χ0) is 25.1. The van der Waals surface area contributed by atoms with E-state index in [-0.39, 0.29) is 22.4 Å². The highest BCUT2D eigenvalue weighted by Crippen LogP contribution is 2.34. The van der Waals surface area contributed by atoms with Gasteiger partial charge in [-0.1, -0.05) is 18.5 Å². The summed E-state index contributed by atoms with van der Waals surface area (Å²) in [6.45, 7) is 5.86. The van der Waals surface area contributed by atoms with E-state index >= 15 is 0 Å². The first kappa shape index (κ1) is 24.7. The van der Waals surface area contributed by atoms with Gasteiger partial charge in [0.2, 0.25) is 5.88 Å². The third kappa shape index (κ3) is 5.97. The van der Waals surface area contributed by atoms with Crippen molar-refractivity contribution in [2.75, 3.05) is 5.32 Å². The Balaban J connectivity index is 1.52. The van der Waals surface area contributed by atoms with Crippen molar-refractivity contribution in [2.24, 2.45) is 5.92 Å². The lowest BCUT2D eigenvalue weighted by Crippen LogP contribution is -2.34. The van der Waals surface area contributed by atoms with Crippen LogP contribution in [0.1, 0.15) is 50.9 Å². The van der Waals surface area contributed by atoms with Gasteiger partial charge in [0, 0.05) is 23.9 Å². The number of hydrogen-bond acceptors (Lipinski definition) is 5. The van der Waals surface area contributed by atoms with Gasteiger partial charge in [0.25, 0.3) is 5.56 Å². The monoisotopic (exact) mass is 499 g/mol. The molecule has 2 amide bonds. The zero-order valence-electron chi connectivity index (χ0n) is 19.7. The average Bonchev–Trinajstić information content (AvgIpc) is 2.93. The maximum Gasteiger partial charge on any atom is 0.319 e. The van der Waals surface area contributed by atoms with Crippen LogP contribution in [0.4, 0.5) is 14.9 Å². The lowest BCUT2D eigenvalue weighted by atomic mass is 10.0. The van der Waals surface area contributed by atoms with Crippen LogP contribution in [0.2, 0.25) is 5.02 Å². The Hall–Kier alpha value is -3.46. The van der Waals surface area contributed by atoms with Crippen molar-refractivity contribution in [1.29, 1.82) is 0 Å². The van der Waals surface area contributed by atoms with Crippen LogP contribution < -0.4 is 20.9 Å². The number of amides is 2. The second-order valence-corrected chi connectivity index (χ2v) is 9.45. The normalized spacial score (nSPS) is 17.4. The van der Waals surface area contributed by atoms with Crippen LogP contribution >= 0.6 is 11.6 Å². The van der Waals surface area contributed by atoms with Gasteiger partial charge in [-0.15, -0.1) is 0 Å². The molecule has 0 aliphatic heterocycles. The molecule has 35 heavy (non-hydrogen) atoms. The number of carbonyl (C=O) groups excluding carboxylic acids is 1. The highest BCUT2D eigenvalue weighted by Gasteiger charge is 2.25. The fourth-order valence-corrected chi connectivity index (χ4v) is 4.46. The number of urea groups is 1. The van der Waals surface area contributed by atoms with E-state index in [9.17, 15) is 14.0 Å². The number of H-pyrrole nitrogens is 1. The lowest BCUT2D eigenvalue weighted by molar-refractivity contribution is 0.233. The number of nitrogens with zero attached hydrogens (tertiary/aromatic N) is 2. The van der Waals surface area contributed by atoms with Gasteiger partial charge in [-0.2, -0.15) is 5.10 Å². The number of halogens is 2. The Morgan fingerprint density at radius 2 is 2.06 bits per heavy atom. The highest BCUT2D eigenvalue weighted by molar-refractivity contribution is 6.33. The first-order chi connectivity index (χ1) is 16.7. The van der Waals surface area contributed by atoms with E-state index in [1.807, 2.05) is 13.8 Å². The number of fused-ring (bicyclic) bond motifs is 1. The predicted octanol–water partition coefficient (Wildman–Crippen LogP) is 5.25.